The van der Waals surface area contributed by atoms with Crippen LogP contribution >= 0.6 is 0 Å². The fourth-order valence-corrected chi connectivity index (χ4v) is 2.02. The molecule has 1 aliphatic carbocycles. The first-order valence-electron chi connectivity index (χ1n) is 4.25. The second kappa shape index (κ2) is 2.48. The van der Waals surface area contributed by atoms with Gasteiger partial charge in [0.1, 0.15) is 0 Å². The highest BCUT2D eigenvalue weighted by atomic mass is 16.4. The molecule has 2 fully saturated rings. The van der Waals surface area contributed by atoms with Crippen molar-refractivity contribution in [1.29, 1.82) is 0 Å². The topological polar surface area (TPSA) is 49.3 Å². The summed E-state index contributed by atoms with van der Waals surface area (Å²) in [7, 11) is 0. The van der Waals surface area contributed by atoms with Crippen molar-refractivity contribution in [2.24, 2.45) is 11.8 Å². The van der Waals surface area contributed by atoms with Gasteiger partial charge in [0.15, 0.2) is 0 Å². The van der Waals surface area contributed by atoms with Gasteiger partial charge in [-0.15, -0.1) is 0 Å². The molecule has 0 bridgehead atoms. The maximum atomic E-state index is 10.5. The van der Waals surface area contributed by atoms with E-state index in [0.717, 1.165) is 13.0 Å². The van der Waals surface area contributed by atoms with E-state index in [9.17, 15) is 4.79 Å². The van der Waals surface area contributed by atoms with E-state index in [4.69, 9.17) is 5.11 Å². The van der Waals surface area contributed by atoms with Crippen molar-refractivity contribution in [2.75, 3.05) is 6.54 Å². The highest BCUT2D eigenvalue weighted by molar-refractivity contribution is 5.73. The summed E-state index contributed by atoms with van der Waals surface area (Å²) >= 11 is 0. The van der Waals surface area contributed by atoms with E-state index in [2.05, 4.69) is 5.32 Å². The first-order valence-corrected chi connectivity index (χ1v) is 4.25. The van der Waals surface area contributed by atoms with Crippen LogP contribution in [-0.2, 0) is 4.79 Å². The lowest BCUT2D eigenvalue weighted by molar-refractivity contribution is -0.138. The number of nitrogens with one attached hydrogen (secondary N) is 1. The van der Waals surface area contributed by atoms with Crippen molar-refractivity contribution in [3.63, 3.8) is 0 Å². The van der Waals surface area contributed by atoms with Gasteiger partial charge in [-0.2, -0.15) is 0 Å². The number of carboxylic acids is 1. The third-order valence-electron chi connectivity index (χ3n) is 2.77. The Balaban J connectivity index is 1.85. The van der Waals surface area contributed by atoms with Gasteiger partial charge >= 0.3 is 5.97 Å². The summed E-state index contributed by atoms with van der Waals surface area (Å²) in [6.45, 7) is 1.08. The maximum absolute atomic E-state index is 10.5. The maximum Gasteiger partial charge on any atom is 0.306 e. The van der Waals surface area contributed by atoms with Crippen molar-refractivity contribution in [2.45, 2.75) is 25.3 Å². The van der Waals surface area contributed by atoms with Gasteiger partial charge in [0, 0.05) is 6.04 Å². The second-order valence-corrected chi connectivity index (χ2v) is 3.55. The van der Waals surface area contributed by atoms with E-state index in [1.807, 2.05) is 0 Å². The minimum absolute atomic E-state index is 0.0365. The Morgan fingerprint density at radius 2 is 2.36 bits per heavy atom. The predicted molar refractivity (Wildman–Crippen MR) is 40.3 cm³/mol. The molecule has 1 saturated heterocycles. The zero-order chi connectivity index (χ0) is 7.84. The van der Waals surface area contributed by atoms with E-state index in [1.165, 1.54) is 12.8 Å². The van der Waals surface area contributed by atoms with Crippen LogP contribution in [0.3, 0.4) is 0 Å². The number of aliphatic carboxylic acids is 1. The van der Waals surface area contributed by atoms with Gasteiger partial charge in [-0.25, -0.2) is 0 Å². The molecule has 2 rings (SSSR count). The third kappa shape index (κ3) is 1.25. The summed E-state index contributed by atoms with van der Waals surface area (Å²) < 4.78 is 0. The molecule has 11 heavy (non-hydrogen) atoms. The SMILES string of the molecule is O=C(O)C1C[C@H]1[C@@H]1CCCN1. The Labute approximate surface area is 65.8 Å². The minimum Gasteiger partial charge on any atom is -0.481 e. The van der Waals surface area contributed by atoms with Crippen LogP contribution in [-0.4, -0.2) is 23.7 Å². The van der Waals surface area contributed by atoms with Gasteiger partial charge < -0.3 is 10.4 Å². The predicted octanol–water partition coefficient (Wildman–Crippen LogP) is 0.459. The van der Waals surface area contributed by atoms with E-state index in [0.29, 0.717) is 12.0 Å². The molecule has 0 aromatic heterocycles. The number of carboxylic acid groups (broad SMARTS) is 1. The molecule has 1 heterocycles. The summed E-state index contributed by atoms with van der Waals surface area (Å²) in [6.07, 6.45) is 3.29. The molecule has 1 aliphatic heterocycles. The molecular weight excluding hydrogens is 142 g/mol. The van der Waals surface area contributed by atoms with Crippen LogP contribution < -0.4 is 5.32 Å². The van der Waals surface area contributed by atoms with E-state index in [1.54, 1.807) is 0 Å². The molecule has 62 valence electrons. The number of hydrogen-bond acceptors (Lipinski definition) is 2. The fourth-order valence-electron chi connectivity index (χ4n) is 2.02. The molecule has 0 aromatic carbocycles. The van der Waals surface area contributed by atoms with Gasteiger partial charge in [-0.3, -0.25) is 4.79 Å². The lowest BCUT2D eigenvalue weighted by Gasteiger charge is -2.06. The van der Waals surface area contributed by atoms with Crippen LogP contribution in [0.2, 0.25) is 0 Å². The van der Waals surface area contributed by atoms with E-state index in [-0.39, 0.29) is 5.92 Å². The third-order valence-corrected chi connectivity index (χ3v) is 2.77. The average molecular weight is 155 g/mol. The number of rotatable bonds is 2. The van der Waals surface area contributed by atoms with Crippen LogP contribution in [0.25, 0.3) is 0 Å². The average Bonchev–Trinajstić information content (AvgIpc) is 2.60. The second-order valence-electron chi connectivity index (χ2n) is 3.55. The lowest BCUT2D eigenvalue weighted by atomic mass is 10.1. The molecule has 1 saturated carbocycles. The standard InChI is InChI=1S/C8H13NO2/c10-8(11)6-4-5(6)7-2-1-3-9-7/h5-7,9H,1-4H2,(H,10,11)/t5-,6?,7+/m1/s1. The van der Waals surface area contributed by atoms with E-state index >= 15 is 0 Å². The molecule has 2 aliphatic rings. The molecule has 2 N–H and O–H groups in total. The Bertz CT molecular complexity index is 175. The van der Waals surface area contributed by atoms with Gasteiger partial charge in [-0.05, 0) is 31.7 Å². The quantitative estimate of drug-likeness (QED) is 0.609. The molecule has 0 amide bonds. The Kier molecular flexibility index (Phi) is 1.60. The van der Waals surface area contributed by atoms with Gasteiger partial charge in [0.2, 0.25) is 0 Å². The van der Waals surface area contributed by atoms with Crippen LogP contribution in [0.5, 0.6) is 0 Å². The molecule has 3 heteroatoms. The van der Waals surface area contributed by atoms with Crippen molar-refractivity contribution < 1.29 is 9.90 Å². The Morgan fingerprint density at radius 3 is 2.82 bits per heavy atom. The van der Waals surface area contributed by atoms with Crippen molar-refractivity contribution >= 4 is 5.97 Å². The van der Waals surface area contributed by atoms with Crippen LogP contribution in [0.4, 0.5) is 0 Å². The summed E-state index contributed by atoms with van der Waals surface area (Å²) in [4.78, 5) is 10.5. The highest BCUT2D eigenvalue weighted by Gasteiger charge is 2.48. The molecule has 1 unspecified atom stereocenters. The summed E-state index contributed by atoms with van der Waals surface area (Å²) in [5, 5.41) is 12.0. The minimum atomic E-state index is -0.608. The zero-order valence-corrected chi connectivity index (χ0v) is 6.42. The summed E-state index contributed by atoms with van der Waals surface area (Å²) in [6, 6.07) is 0.510. The van der Waals surface area contributed by atoms with Crippen LogP contribution in [0.15, 0.2) is 0 Å². The smallest absolute Gasteiger partial charge is 0.306 e. The number of hydrogen-bond donors (Lipinski definition) is 2. The zero-order valence-electron chi connectivity index (χ0n) is 6.42. The van der Waals surface area contributed by atoms with Crippen molar-refractivity contribution in [3.8, 4) is 0 Å². The molecule has 3 nitrogen and oxygen atoms in total. The van der Waals surface area contributed by atoms with E-state index < -0.39 is 5.97 Å². The summed E-state index contributed by atoms with van der Waals surface area (Å²) in [5.74, 6) is -0.204. The molecule has 3 atom stereocenters. The first kappa shape index (κ1) is 7.10. The van der Waals surface area contributed by atoms with Gasteiger partial charge in [0.05, 0.1) is 5.92 Å². The van der Waals surface area contributed by atoms with Crippen LogP contribution in [0, 0.1) is 11.8 Å². The van der Waals surface area contributed by atoms with Gasteiger partial charge in [-0.1, -0.05) is 0 Å². The lowest BCUT2D eigenvalue weighted by Crippen LogP contribution is -2.25. The fraction of sp³-hybridized carbons (Fsp3) is 0.875. The normalized spacial score (nSPS) is 42.4. The van der Waals surface area contributed by atoms with Crippen molar-refractivity contribution in [3.05, 3.63) is 0 Å². The molecule has 0 spiro atoms. The van der Waals surface area contributed by atoms with Crippen LogP contribution in [0.1, 0.15) is 19.3 Å². The van der Waals surface area contributed by atoms with Gasteiger partial charge in [0.25, 0.3) is 0 Å². The molecule has 0 aromatic rings. The largest absolute Gasteiger partial charge is 0.481 e. The molecule has 0 radical (unpaired) electrons. The Morgan fingerprint density at radius 1 is 1.55 bits per heavy atom. The highest BCUT2D eigenvalue weighted by Crippen LogP contribution is 2.43. The Hall–Kier alpha value is -0.570. The molecular formula is C8H13NO2. The van der Waals surface area contributed by atoms with Crippen molar-refractivity contribution in [1.82, 2.24) is 5.32 Å². The summed E-state index contributed by atoms with van der Waals surface area (Å²) in [5.41, 5.74) is 0. The number of carbonyl (C=O) groups is 1. The monoisotopic (exact) mass is 155 g/mol. The first-order chi connectivity index (χ1) is 5.29.